The van der Waals surface area contributed by atoms with E-state index >= 15 is 0 Å². The maximum absolute atomic E-state index is 12.3. The van der Waals surface area contributed by atoms with Gasteiger partial charge in [-0.05, 0) is 61.1 Å². The lowest BCUT2D eigenvalue weighted by Gasteiger charge is -2.11. The van der Waals surface area contributed by atoms with Crippen molar-refractivity contribution in [3.63, 3.8) is 0 Å². The number of nitrogen functional groups attached to an aromatic ring is 1. The largest absolute Gasteiger partial charge is 0.508 e. The molecule has 1 aromatic carbocycles. The van der Waals surface area contributed by atoms with Crippen LogP contribution in [0.3, 0.4) is 0 Å². The number of hydrogen-bond donors (Lipinski definition) is 3. The van der Waals surface area contributed by atoms with Crippen LogP contribution in [0.25, 0.3) is 0 Å². The Hall–Kier alpha value is -1.71. The van der Waals surface area contributed by atoms with E-state index in [1.54, 1.807) is 18.2 Å². The standard InChI is InChI=1S/C16H20N2O2/c17-11-3-4-12(19)10(6-11)7-18-16(20)15-13-8-1-2-9(5-8)14(13)15/h3-4,6,8-9,13-15,19H,1-2,5,7,17H2,(H,18,20). The molecule has 4 atom stereocenters. The van der Waals surface area contributed by atoms with Gasteiger partial charge in [-0.1, -0.05) is 0 Å². The Labute approximate surface area is 118 Å². The second-order valence-corrected chi connectivity index (χ2v) is 6.62. The van der Waals surface area contributed by atoms with Gasteiger partial charge in [0, 0.05) is 23.7 Å². The zero-order chi connectivity index (χ0) is 13.9. The zero-order valence-electron chi connectivity index (χ0n) is 11.4. The fourth-order valence-electron chi connectivity index (χ4n) is 4.72. The third-order valence-electron chi connectivity index (χ3n) is 5.59. The van der Waals surface area contributed by atoms with Gasteiger partial charge in [-0.3, -0.25) is 4.79 Å². The Balaban J connectivity index is 1.39. The van der Waals surface area contributed by atoms with Crippen LogP contribution < -0.4 is 11.1 Å². The maximum atomic E-state index is 12.3. The number of rotatable bonds is 3. The van der Waals surface area contributed by atoms with E-state index in [2.05, 4.69) is 5.32 Å². The first-order valence-corrected chi connectivity index (χ1v) is 7.50. The average Bonchev–Trinajstić information content (AvgIpc) is 2.88. The molecule has 1 amide bonds. The number of nitrogens with one attached hydrogen (secondary N) is 1. The first-order valence-electron chi connectivity index (χ1n) is 7.50. The quantitative estimate of drug-likeness (QED) is 0.581. The minimum atomic E-state index is 0.165. The number of fused-ring (bicyclic) bond motifs is 5. The third-order valence-corrected chi connectivity index (χ3v) is 5.59. The molecule has 3 saturated carbocycles. The molecule has 4 N–H and O–H groups in total. The van der Waals surface area contributed by atoms with Crippen LogP contribution in [-0.2, 0) is 11.3 Å². The molecule has 0 spiro atoms. The van der Waals surface area contributed by atoms with Gasteiger partial charge in [0.2, 0.25) is 5.91 Å². The molecule has 0 saturated heterocycles. The van der Waals surface area contributed by atoms with Crippen LogP contribution in [0.1, 0.15) is 24.8 Å². The number of hydrogen-bond acceptors (Lipinski definition) is 3. The van der Waals surface area contributed by atoms with Gasteiger partial charge < -0.3 is 16.2 Å². The molecule has 106 valence electrons. The van der Waals surface area contributed by atoms with Crippen LogP contribution >= 0.6 is 0 Å². The highest BCUT2D eigenvalue weighted by Crippen LogP contribution is 2.69. The maximum Gasteiger partial charge on any atom is 0.223 e. The number of benzene rings is 1. The summed E-state index contributed by atoms with van der Waals surface area (Å²) < 4.78 is 0. The topological polar surface area (TPSA) is 75.3 Å². The Kier molecular flexibility index (Phi) is 2.50. The summed E-state index contributed by atoms with van der Waals surface area (Å²) in [5, 5.41) is 12.7. The zero-order valence-corrected chi connectivity index (χ0v) is 11.4. The lowest BCUT2D eigenvalue weighted by atomic mass is 10.0. The molecule has 3 aliphatic carbocycles. The van der Waals surface area contributed by atoms with Gasteiger partial charge in [-0.15, -0.1) is 0 Å². The van der Waals surface area contributed by atoms with Gasteiger partial charge in [-0.2, -0.15) is 0 Å². The fraction of sp³-hybridized carbons (Fsp3) is 0.562. The van der Waals surface area contributed by atoms with Crippen molar-refractivity contribution in [1.29, 1.82) is 0 Å². The summed E-state index contributed by atoms with van der Waals surface area (Å²) in [6.45, 7) is 0.362. The number of aromatic hydroxyl groups is 1. The molecule has 3 fully saturated rings. The normalized spacial score (nSPS) is 36.7. The molecule has 3 aliphatic rings. The summed E-state index contributed by atoms with van der Waals surface area (Å²) in [5.41, 5.74) is 6.99. The summed E-state index contributed by atoms with van der Waals surface area (Å²) in [6.07, 6.45) is 4.01. The van der Waals surface area contributed by atoms with Crippen molar-refractivity contribution < 1.29 is 9.90 Å². The first-order chi connectivity index (χ1) is 9.65. The highest BCUT2D eigenvalue weighted by Gasteiger charge is 2.67. The van der Waals surface area contributed by atoms with E-state index in [0.717, 1.165) is 11.8 Å². The van der Waals surface area contributed by atoms with E-state index < -0.39 is 0 Å². The van der Waals surface area contributed by atoms with E-state index in [1.807, 2.05) is 0 Å². The summed E-state index contributed by atoms with van der Waals surface area (Å²) in [4.78, 5) is 12.3. The summed E-state index contributed by atoms with van der Waals surface area (Å²) in [6, 6.07) is 4.94. The van der Waals surface area contributed by atoms with Crippen molar-refractivity contribution in [3.05, 3.63) is 23.8 Å². The Morgan fingerprint density at radius 3 is 2.70 bits per heavy atom. The molecular formula is C16H20N2O2. The van der Waals surface area contributed by atoms with Crippen LogP contribution in [0, 0.1) is 29.6 Å². The van der Waals surface area contributed by atoms with Crippen molar-refractivity contribution in [2.24, 2.45) is 29.6 Å². The van der Waals surface area contributed by atoms with Crippen LogP contribution in [0.15, 0.2) is 18.2 Å². The van der Waals surface area contributed by atoms with Gasteiger partial charge >= 0.3 is 0 Å². The van der Waals surface area contributed by atoms with Gasteiger partial charge in [0.1, 0.15) is 5.75 Å². The Morgan fingerprint density at radius 2 is 2.00 bits per heavy atom. The van der Waals surface area contributed by atoms with E-state index in [-0.39, 0.29) is 17.6 Å². The molecule has 4 rings (SSSR count). The van der Waals surface area contributed by atoms with E-state index in [9.17, 15) is 9.90 Å². The molecule has 2 bridgehead atoms. The predicted molar refractivity (Wildman–Crippen MR) is 75.7 cm³/mol. The molecule has 1 aromatic rings. The summed E-state index contributed by atoms with van der Waals surface area (Å²) >= 11 is 0. The lowest BCUT2D eigenvalue weighted by Crippen LogP contribution is -2.27. The van der Waals surface area contributed by atoms with Crippen molar-refractivity contribution >= 4 is 11.6 Å². The molecule has 0 heterocycles. The fourth-order valence-corrected chi connectivity index (χ4v) is 4.72. The van der Waals surface area contributed by atoms with Crippen molar-refractivity contribution in [2.45, 2.75) is 25.8 Å². The van der Waals surface area contributed by atoms with Gasteiger partial charge in [-0.25, -0.2) is 0 Å². The van der Waals surface area contributed by atoms with Crippen LogP contribution in [-0.4, -0.2) is 11.0 Å². The number of nitrogens with two attached hydrogens (primary N) is 1. The second kappa shape index (κ2) is 4.14. The molecule has 0 aliphatic heterocycles. The van der Waals surface area contributed by atoms with Crippen molar-refractivity contribution in [1.82, 2.24) is 5.32 Å². The highest BCUT2D eigenvalue weighted by atomic mass is 16.3. The van der Waals surface area contributed by atoms with Crippen LogP contribution in [0.2, 0.25) is 0 Å². The molecule has 20 heavy (non-hydrogen) atoms. The molecule has 4 unspecified atom stereocenters. The second-order valence-electron chi connectivity index (χ2n) is 6.62. The average molecular weight is 272 g/mol. The molecule has 0 radical (unpaired) electrons. The number of anilines is 1. The van der Waals surface area contributed by atoms with E-state index in [4.69, 9.17) is 5.73 Å². The van der Waals surface area contributed by atoms with E-state index in [0.29, 0.717) is 29.6 Å². The number of carbonyl (C=O) groups excluding carboxylic acids is 1. The van der Waals surface area contributed by atoms with Gasteiger partial charge in [0.25, 0.3) is 0 Å². The number of carbonyl (C=O) groups is 1. The van der Waals surface area contributed by atoms with E-state index in [1.165, 1.54) is 19.3 Å². The van der Waals surface area contributed by atoms with Crippen molar-refractivity contribution in [2.75, 3.05) is 5.73 Å². The molecule has 0 aromatic heterocycles. The van der Waals surface area contributed by atoms with Crippen molar-refractivity contribution in [3.8, 4) is 5.75 Å². The predicted octanol–water partition coefficient (Wildman–Crippen LogP) is 1.88. The lowest BCUT2D eigenvalue weighted by molar-refractivity contribution is -0.123. The van der Waals surface area contributed by atoms with Gasteiger partial charge in [0.05, 0.1) is 0 Å². The highest BCUT2D eigenvalue weighted by molar-refractivity contribution is 5.82. The van der Waals surface area contributed by atoms with Crippen LogP contribution in [0.5, 0.6) is 5.75 Å². The molecular weight excluding hydrogens is 252 g/mol. The molecule has 4 nitrogen and oxygen atoms in total. The Bertz CT molecular complexity index is 556. The summed E-state index contributed by atoms with van der Waals surface area (Å²) in [7, 11) is 0. The third kappa shape index (κ3) is 1.70. The monoisotopic (exact) mass is 272 g/mol. The number of phenolic OH excluding ortho intramolecular Hbond substituents is 1. The summed E-state index contributed by atoms with van der Waals surface area (Å²) in [5.74, 6) is 3.52. The SMILES string of the molecule is Nc1ccc(O)c(CNC(=O)C2C3C4CCC(C4)C23)c1. The Morgan fingerprint density at radius 1 is 1.30 bits per heavy atom. The van der Waals surface area contributed by atoms with Crippen LogP contribution in [0.4, 0.5) is 5.69 Å². The molecule has 4 heteroatoms. The first kappa shape index (κ1) is 12.1. The number of phenols is 1. The smallest absolute Gasteiger partial charge is 0.223 e. The minimum Gasteiger partial charge on any atom is -0.508 e. The number of amides is 1. The van der Waals surface area contributed by atoms with Gasteiger partial charge in [0.15, 0.2) is 0 Å². The minimum absolute atomic E-state index is 0.165.